The van der Waals surface area contributed by atoms with Gasteiger partial charge in [0.15, 0.2) is 0 Å². The molecule has 0 saturated carbocycles. The predicted molar refractivity (Wildman–Crippen MR) is 266 cm³/mol. The summed E-state index contributed by atoms with van der Waals surface area (Å²) in [5.74, 6) is 0. The SMILES string of the molecule is Cc1ccc(-c2ccc(N(c3ccc4c(c3)C(c3ccccc3)(c3ccccc3)c3ccccc3-4)c3ccc4c(c3)C(c3ccccc3)(c3ccccc3)c3ccccc3-4)cc2)cc1. The molecule has 302 valence electrons. The lowest BCUT2D eigenvalue weighted by molar-refractivity contribution is 0.767. The molecule has 1 heteroatoms. The molecule has 0 spiro atoms. The lowest BCUT2D eigenvalue weighted by Crippen LogP contribution is -2.29. The van der Waals surface area contributed by atoms with E-state index in [1.807, 2.05) is 0 Å². The van der Waals surface area contributed by atoms with E-state index in [9.17, 15) is 0 Å². The van der Waals surface area contributed by atoms with Crippen molar-refractivity contribution in [2.24, 2.45) is 0 Å². The van der Waals surface area contributed by atoms with E-state index in [0.29, 0.717) is 0 Å². The molecule has 0 radical (unpaired) electrons. The molecule has 0 fully saturated rings. The molecule has 0 amide bonds. The van der Waals surface area contributed by atoms with Gasteiger partial charge in [0.1, 0.15) is 0 Å². The zero-order valence-corrected chi connectivity index (χ0v) is 35.7. The highest BCUT2D eigenvalue weighted by atomic mass is 15.1. The van der Waals surface area contributed by atoms with Crippen LogP contribution < -0.4 is 4.90 Å². The summed E-state index contributed by atoms with van der Waals surface area (Å²) < 4.78 is 0. The topological polar surface area (TPSA) is 3.24 Å². The number of fused-ring (bicyclic) bond motifs is 6. The van der Waals surface area contributed by atoms with E-state index in [-0.39, 0.29) is 0 Å². The van der Waals surface area contributed by atoms with Crippen LogP contribution in [0.15, 0.2) is 255 Å². The van der Waals surface area contributed by atoms with E-state index in [2.05, 4.69) is 267 Å². The molecule has 2 aliphatic carbocycles. The summed E-state index contributed by atoms with van der Waals surface area (Å²) in [4.78, 5) is 2.48. The zero-order valence-electron chi connectivity index (χ0n) is 35.7. The largest absolute Gasteiger partial charge is 0.310 e. The molecule has 0 N–H and O–H groups in total. The van der Waals surface area contributed by atoms with Crippen molar-refractivity contribution < 1.29 is 0 Å². The maximum absolute atomic E-state index is 2.48. The Kier molecular flexibility index (Phi) is 8.91. The molecule has 2 aliphatic rings. The molecule has 10 aromatic carbocycles. The van der Waals surface area contributed by atoms with E-state index in [1.54, 1.807) is 0 Å². The first-order chi connectivity index (χ1) is 31.7. The average molecular weight is 816 g/mol. The van der Waals surface area contributed by atoms with Gasteiger partial charge in [-0.2, -0.15) is 0 Å². The van der Waals surface area contributed by atoms with Gasteiger partial charge in [-0.25, -0.2) is 0 Å². The van der Waals surface area contributed by atoms with Crippen molar-refractivity contribution in [3.05, 3.63) is 305 Å². The van der Waals surface area contributed by atoms with Crippen LogP contribution in [0, 0.1) is 6.92 Å². The molecular weight excluding hydrogens is 771 g/mol. The van der Waals surface area contributed by atoms with Crippen molar-refractivity contribution in [3.8, 4) is 33.4 Å². The third kappa shape index (κ3) is 5.64. The molecule has 0 unspecified atom stereocenters. The predicted octanol–water partition coefficient (Wildman–Crippen LogP) is 15.9. The first kappa shape index (κ1) is 37.7. The van der Waals surface area contributed by atoms with Crippen LogP contribution in [0.1, 0.15) is 50.1 Å². The van der Waals surface area contributed by atoms with Gasteiger partial charge in [0.25, 0.3) is 0 Å². The second-order valence-corrected chi connectivity index (χ2v) is 17.3. The summed E-state index contributed by atoms with van der Waals surface area (Å²) in [5, 5.41) is 0. The van der Waals surface area contributed by atoms with Crippen LogP contribution in [-0.2, 0) is 10.8 Å². The number of hydrogen-bond acceptors (Lipinski definition) is 1. The second-order valence-electron chi connectivity index (χ2n) is 17.3. The van der Waals surface area contributed by atoms with Gasteiger partial charge in [-0.3, -0.25) is 0 Å². The lowest BCUT2D eigenvalue weighted by atomic mass is 9.67. The Morgan fingerprint density at radius 1 is 0.266 bits per heavy atom. The Labute approximate surface area is 376 Å². The van der Waals surface area contributed by atoms with Crippen molar-refractivity contribution in [1.29, 1.82) is 0 Å². The highest BCUT2D eigenvalue weighted by Gasteiger charge is 2.48. The lowest BCUT2D eigenvalue weighted by Gasteiger charge is -2.36. The van der Waals surface area contributed by atoms with Crippen molar-refractivity contribution in [3.63, 3.8) is 0 Å². The molecule has 0 atom stereocenters. The van der Waals surface area contributed by atoms with Crippen molar-refractivity contribution in [1.82, 2.24) is 0 Å². The Hall–Kier alpha value is -8.00. The van der Waals surface area contributed by atoms with Gasteiger partial charge >= 0.3 is 0 Å². The number of rotatable bonds is 8. The fourth-order valence-electron chi connectivity index (χ4n) is 11.1. The van der Waals surface area contributed by atoms with Gasteiger partial charge in [0.05, 0.1) is 10.8 Å². The van der Waals surface area contributed by atoms with Gasteiger partial charge in [-0.15, -0.1) is 0 Å². The maximum atomic E-state index is 2.48. The summed E-state index contributed by atoms with van der Waals surface area (Å²) in [6, 6.07) is 94.7. The van der Waals surface area contributed by atoms with Gasteiger partial charge in [0, 0.05) is 17.1 Å². The molecule has 12 rings (SSSR count). The van der Waals surface area contributed by atoms with Crippen LogP contribution in [-0.4, -0.2) is 0 Å². The minimum absolute atomic E-state index is 0.527. The molecule has 0 heterocycles. The smallest absolute Gasteiger partial charge is 0.0714 e. The van der Waals surface area contributed by atoms with E-state index >= 15 is 0 Å². The van der Waals surface area contributed by atoms with Gasteiger partial charge in [-0.05, 0) is 121 Å². The fourth-order valence-corrected chi connectivity index (χ4v) is 11.1. The quantitative estimate of drug-likeness (QED) is 0.148. The molecule has 0 saturated heterocycles. The first-order valence-corrected chi connectivity index (χ1v) is 22.3. The molecule has 0 bridgehead atoms. The summed E-state index contributed by atoms with van der Waals surface area (Å²) >= 11 is 0. The Morgan fingerprint density at radius 3 is 0.969 bits per heavy atom. The van der Waals surface area contributed by atoms with Crippen LogP contribution in [0.2, 0.25) is 0 Å². The highest BCUT2D eigenvalue weighted by molar-refractivity contribution is 5.92. The number of benzene rings is 10. The average Bonchev–Trinajstić information content (AvgIpc) is 3.83. The summed E-state index contributed by atoms with van der Waals surface area (Å²) in [6.45, 7) is 2.14. The van der Waals surface area contributed by atoms with Gasteiger partial charge in [-0.1, -0.05) is 224 Å². The molecular formula is C63H45N. The van der Waals surface area contributed by atoms with Crippen LogP contribution in [0.4, 0.5) is 17.1 Å². The van der Waals surface area contributed by atoms with E-state index in [1.165, 1.54) is 83.5 Å². The normalized spacial score (nSPS) is 13.6. The highest BCUT2D eigenvalue weighted by Crippen LogP contribution is 2.59. The molecule has 64 heavy (non-hydrogen) atoms. The molecule has 0 aliphatic heterocycles. The third-order valence-corrected chi connectivity index (χ3v) is 13.9. The van der Waals surface area contributed by atoms with Crippen LogP contribution in [0.5, 0.6) is 0 Å². The standard InChI is InChI=1S/C63H45N/c1-44-30-32-45(33-31-44)46-34-36-51(37-35-46)64(52-38-40-56-54-26-14-16-28-58(54)62(60(56)42-52,47-18-6-2-7-19-47)48-20-8-3-9-21-48)53-39-41-57-55-27-15-17-29-59(55)63(61(57)43-53,49-22-10-4-11-23-49)50-24-12-5-13-25-50/h2-43H,1H3. The fraction of sp³-hybridized carbons (Fsp3) is 0.0476. The Bertz CT molecular complexity index is 3040. The summed E-state index contributed by atoms with van der Waals surface area (Å²) in [7, 11) is 0. The molecule has 0 aromatic heterocycles. The number of nitrogens with zero attached hydrogens (tertiary/aromatic N) is 1. The zero-order chi connectivity index (χ0) is 42.7. The number of hydrogen-bond donors (Lipinski definition) is 0. The molecule has 1 nitrogen and oxygen atoms in total. The van der Waals surface area contributed by atoms with Gasteiger partial charge in [0.2, 0.25) is 0 Å². The van der Waals surface area contributed by atoms with E-state index in [0.717, 1.165) is 17.1 Å². The van der Waals surface area contributed by atoms with Crippen molar-refractivity contribution in [2.75, 3.05) is 4.90 Å². The van der Waals surface area contributed by atoms with Crippen LogP contribution in [0.25, 0.3) is 33.4 Å². The number of anilines is 3. The monoisotopic (exact) mass is 815 g/mol. The van der Waals surface area contributed by atoms with Crippen molar-refractivity contribution >= 4 is 17.1 Å². The van der Waals surface area contributed by atoms with E-state index < -0.39 is 10.8 Å². The summed E-state index contributed by atoms with van der Waals surface area (Å²) in [5.41, 5.74) is 21.2. The van der Waals surface area contributed by atoms with Gasteiger partial charge < -0.3 is 4.90 Å². The minimum Gasteiger partial charge on any atom is -0.310 e. The summed E-state index contributed by atoms with van der Waals surface area (Å²) in [6.07, 6.45) is 0. The first-order valence-electron chi connectivity index (χ1n) is 22.3. The van der Waals surface area contributed by atoms with Crippen molar-refractivity contribution in [2.45, 2.75) is 17.8 Å². The maximum Gasteiger partial charge on any atom is 0.0714 e. The minimum atomic E-state index is -0.527. The van der Waals surface area contributed by atoms with E-state index in [4.69, 9.17) is 0 Å². The third-order valence-electron chi connectivity index (χ3n) is 13.9. The molecule has 10 aromatic rings. The second kappa shape index (κ2) is 15.1. The Morgan fingerprint density at radius 2 is 0.578 bits per heavy atom. The van der Waals surface area contributed by atoms with Crippen LogP contribution >= 0.6 is 0 Å². The Balaban J connectivity index is 1.12. The van der Waals surface area contributed by atoms with Crippen LogP contribution in [0.3, 0.4) is 0 Å². The number of aryl methyl sites for hydroxylation is 1.